The molecule has 0 bridgehead atoms. The van der Waals surface area contributed by atoms with E-state index in [2.05, 4.69) is 0 Å². The van der Waals surface area contributed by atoms with Crippen molar-refractivity contribution in [3.63, 3.8) is 0 Å². The zero-order valence-corrected chi connectivity index (χ0v) is 10.9. The minimum Gasteiger partial charge on any atom is -0.486 e. The van der Waals surface area contributed by atoms with Gasteiger partial charge >= 0.3 is 5.97 Å². The van der Waals surface area contributed by atoms with Crippen molar-refractivity contribution in [1.29, 1.82) is 0 Å². The van der Waals surface area contributed by atoms with Crippen molar-refractivity contribution in [3.05, 3.63) is 65.7 Å². The van der Waals surface area contributed by atoms with Crippen molar-refractivity contribution in [2.45, 2.75) is 6.61 Å². The Labute approximate surface area is 119 Å². The summed E-state index contributed by atoms with van der Waals surface area (Å²) >= 11 is 0. The average molecular weight is 286 g/mol. The van der Waals surface area contributed by atoms with E-state index >= 15 is 0 Å². The van der Waals surface area contributed by atoms with Crippen LogP contribution in [0.5, 0.6) is 5.75 Å². The lowest BCUT2D eigenvalue weighted by atomic mass is 10.1. The highest BCUT2D eigenvalue weighted by Crippen LogP contribution is 2.27. The molecule has 0 unspecified atom stereocenters. The molecule has 1 N–H and O–H groups in total. The summed E-state index contributed by atoms with van der Waals surface area (Å²) in [5, 5.41) is 9.84. The second-order valence-corrected chi connectivity index (χ2v) is 4.43. The Hall–Kier alpha value is -2.82. The summed E-state index contributed by atoms with van der Waals surface area (Å²) in [6, 6.07) is 12.9. The van der Waals surface area contributed by atoms with Gasteiger partial charge in [-0.25, -0.2) is 9.18 Å². The Bertz CT molecular complexity index is 807. The SMILES string of the molecule is O=C(O)c1oc2ccccc2c1COc1ccccc1F. The zero-order chi connectivity index (χ0) is 14.8. The van der Waals surface area contributed by atoms with Crippen molar-refractivity contribution >= 4 is 16.9 Å². The van der Waals surface area contributed by atoms with E-state index in [1.165, 1.54) is 12.1 Å². The number of carboxylic acids is 1. The van der Waals surface area contributed by atoms with Gasteiger partial charge in [0.05, 0.1) is 5.56 Å². The van der Waals surface area contributed by atoms with Crippen LogP contribution in [-0.4, -0.2) is 11.1 Å². The Kier molecular flexibility index (Phi) is 3.31. The van der Waals surface area contributed by atoms with E-state index in [4.69, 9.17) is 9.15 Å². The number of hydrogen-bond acceptors (Lipinski definition) is 3. The maximum atomic E-state index is 13.5. The van der Waals surface area contributed by atoms with Gasteiger partial charge in [0.1, 0.15) is 12.2 Å². The summed E-state index contributed by atoms with van der Waals surface area (Å²) in [7, 11) is 0. The number of hydrogen-bond donors (Lipinski definition) is 1. The van der Waals surface area contributed by atoms with Crippen molar-refractivity contribution in [2.24, 2.45) is 0 Å². The summed E-state index contributed by atoms with van der Waals surface area (Å²) in [4.78, 5) is 11.2. The predicted octanol–water partition coefficient (Wildman–Crippen LogP) is 3.85. The smallest absolute Gasteiger partial charge is 0.372 e. The van der Waals surface area contributed by atoms with Crippen LogP contribution < -0.4 is 4.74 Å². The molecule has 0 saturated heterocycles. The van der Waals surface area contributed by atoms with Gasteiger partial charge in [0.2, 0.25) is 5.76 Å². The van der Waals surface area contributed by atoms with Gasteiger partial charge in [-0.2, -0.15) is 0 Å². The van der Waals surface area contributed by atoms with E-state index < -0.39 is 11.8 Å². The molecule has 0 radical (unpaired) electrons. The number of carboxylic acid groups (broad SMARTS) is 1. The Balaban J connectivity index is 1.98. The lowest BCUT2D eigenvalue weighted by molar-refractivity contribution is 0.0661. The lowest BCUT2D eigenvalue weighted by Crippen LogP contribution is -2.03. The third kappa shape index (κ3) is 2.45. The molecule has 0 aliphatic rings. The van der Waals surface area contributed by atoms with Crippen LogP contribution in [0.25, 0.3) is 11.0 Å². The monoisotopic (exact) mass is 286 g/mol. The summed E-state index contributed by atoms with van der Waals surface area (Å²) in [6.07, 6.45) is 0. The number of para-hydroxylation sites is 2. The molecule has 0 amide bonds. The first-order chi connectivity index (χ1) is 10.2. The third-order valence-electron chi connectivity index (χ3n) is 3.10. The summed E-state index contributed by atoms with van der Waals surface area (Å²) in [6.45, 7) is -0.0838. The molecule has 106 valence electrons. The molecule has 1 heterocycles. The van der Waals surface area contributed by atoms with Crippen LogP contribution in [0, 0.1) is 5.82 Å². The van der Waals surface area contributed by atoms with E-state index in [0.29, 0.717) is 16.5 Å². The highest BCUT2D eigenvalue weighted by Gasteiger charge is 2.20. The fourth-order valence-corrected chi connectivity index (χ4v) is 2.13. The van der Waals surface area contributed by atoms with Crippen LogP contribution in [0.4, 0.5) is 4.39 Å². The van der Waals surface area contributed by atoms with Crippen LogP contribution in [-0.2, 0) is 6.61 Å². The molecule has 21 heavy (non-hydrogen) atoms. The van der Waals surface area contributed by atoms with Gasteiger partial charge in [0, 0.05) is 5.39 Å². The minimum atomic E-state index is -1.18. The second kappa shape index (κ2) is 5.28. The van der Waals surface area contributed by atoms with Crippen LogP contribution >= 0.6 is 0 Å². The number of benzene rings is 2. The molecule has 0 saturated carbocycles. The first kappa shape index (κ1) is 13.2. The topological polar surface area (TPSA) is 59.7 Å². The number of halogens is 1. The molecule has 0 fully saturated rings. The quantitative estimate of drug-likeness (QED) is 0.791. The standard InChI is InChI=1S/C16H11FO4/c17-12-6-2-4-8-14(12)20-9-11-10-5-1-3-7-13(10)21-15(11)16(18)19/h1-8H,9H2,(H,18,19). The van der Waals surface area contributed by atoms with E-state index in [1.807, 2.05) is 0 Å². The van der Waals surface area contributed by atoms with E-state index in [-0.39, 0.29) is 18.1 Å². The number of carbonyl (C=O) groups is 1. The van der Waals surface area contributed by atoms with Gasteiger partial charge in [-0.1, -0.05) is 30.3 Å². The summed E-state index contributed by atoms with van der Waals surface area (Å²) in [5.74, 6) is -1.80. The third-order valence-corrected chi connectivity index (χ3v) is 3.10. The van der Waals surface area contributed by atoms with Gasteiger partial charge in [-0.15, -0.1) is 0 Å². The van der Waals surface area contributed by atoms with Crippen LogP contribution in [0.1, 0.15) is 16.1 Å². The lowest BCUT2D eigenvalue weighted by Gasteiger charge is -2.06. The number of furan rings is 1. The van der Waals surface area contributed by atoms with Crippen LogP contribution in [0.3, 0.4) is 0 Å². The molecule has 2 aromatic carbocycles. The molecule has 1 aromatic heterocycles. The highest BCUT2D eigenvalue weighted by atomic mass is 19.1. The molecule has 5 heteroatoms. The first-order valence-corrected chi connectivity index (χ1v) is 6.28. The van der Waals surface area contributed by atoms with Gasteiger partial charge in [0.25, 0.3) is 0 Å². The molecule has 0 atom stereocenters. The van der Waals surface area contributed by atoms with Crippen LogP contribution in [0.15, 0.2) is 52.9 Å². The number of aromatic carboxylic acids is 1. The zero-order valence-electron chi connectivity index (χ0n) is 10.9. The summed E-state index contributed by atoms with van der Waals surface area (Å²) < 4.78 is 24.2. The Morgan fingerprint density at radius 2 is 1.86 bits per heavy atom. The fraction of sp³-hybridized carbons (Fsp3) is 0.0625. The largest absolute Gasteiger partial charge is 0.486 e. The molecule has 0 aliphatic heterocycles. The van der Waals surface area contributed by atoms with Crippen LogP contribution in [0.2, 0.25) is 0 Å². The maximum absolute atomic E-state index is 13.5. The van der Waals surface area contributed by atoms with Gasteiger partial charge < -0.3 is 14.3 Å². The predicted molar refractivity (Wildman–Crippen MR) is 73.9 cm³/mol. The number of fused-ring (bicyclic) bond motifs is 1. The number of ether oxygens (including phenoxy) is 1. The van der Waals surface area contributed by atoms with Crippen molar-refractivity contribution in [2.75, 3.05) is 0 Å². The number of rotatable bonds is 4. The van der Waals surface area contributed by atoms with E-state index in [0.717, 1.165) is 0 Å². The van der Waals surface area contributed by atoms with Crippen molar-refractivity contribution < 1.29 is 23.4 Å². The van der Waals surface area contributed by atoms with Crippen molar-refractivity contribution in [3.8, 4) is 5.75 Å². The molecule has 3 rings (SSSR count). The summed E-state index contributed by atoms with van der Waals surface area (Å²) in [5.41, 5.74) is 0.850. The molecule has 4 nitrogen and oxygen atoms in total. The van der Waals surface area contributed by atoms with E-state index in [1.54, 1.807) is 36.4 Å². The fourth-order valence-electron chi connectivity index (χ4n) is 2.13. The molecule has 3 aromatic rings. The maximum Gasteiger partial charge on any atom is 0.372 e. The highest BCUT2D eigenvalue weighted by molar-refractivity contribution is 5.95. The van der Waals surface area contributed by atoms with E-state index in [9.17, 15) is 14.3 Å². The molecular weight excluding hydrogens is 275 g/mol. The molecule has 0 aliphatic carbocycles. The Morgan fingerprint density at radius 1 is 1.14 bits per heavy atom. The minimum absolute atomic E-state index is 0.0686. The van der Waals surface area contributed by atoms with Gasteiger partial charge in [0.15, 0.2) is 11.6 Å². The first-order valence-electron chi connectivity index (χ1n) is 6.28. The van der Waals surface area contributed by atoms with Gasteiger partial charge in [-0.3, -0.25) is 0 Å². The van der Waals surface area contributed by atoms with Crippen molar-refractivity contribution in [1.82, 2.24) is 0 Å². The second-order valence-electron chi connectivity index (χ2n) is 4.43. The van der Waals surface area contributed by atoms with Gasteiger partial charge in [-0.05, 0) is 18.2 Å². The molecule has 0 spiro atoms. The normalized spacial score (nSPS) is 10.7. The Morgan fingerprint density at radius 3 is 2.62 bits per heavy atom. The average Bonchev–Trinajstić information content (AvgIpc) is 2.85. The molecular formula is C16H11FO4.